The van der Waals surface area contributed by atoms with Crippen LogP contribution in [0.4, 0.5) is 0 Å². The Kier molecular flexibility index (Phi) is 5.64. The van der Waals surface area contributed by atoms with Crippen molar-refractivity contribution >= 4 is 57.6 Å². The lowest BCUT2D eigenvalue weighted by molar-refractivity contribution is 1.70. The van der Waals surface area contributed by atoms with E-state index < -0.39 is 16.1 Å². The molecule has 7 aromatic carbocycles. The van der Waals surface area contributed by atoms with Crippen LogP contribution >= 0.6 is 0 Å². The predicted octanol–water partition coefficient (Wildman–Crippen LogP) is 4.40. The number of hydrogen-bond donors (Lipinski definition) is 0. The van der Waals surface area contributed by atoms with Gasteiger partial charge in [-0.2, -0.15) is 0 Å². The van der Waals surface area contributed by atoms with Crippen molar-refractivity contribution < 1.29 is 0 Å². The molecule has 206 valence electrons. The van der Waals surface area contributed by atoms with Crippen LogP contribution in [-0.4, -0.2) is 16.1 Å². The molecular formula is C42H30Si2. The smallest absolute Gasteiger partial charge is 0.0623 e. The summed E-state index contributed by atoms with van der Waals surface area (Å²) in [6.45, 7) is 0. The van der Waals surface area contributed by atoms with Crippen LogP contribution in [0.2, 0.25) is 0 Å². The second-order valence-corrected chi connectivity index (χ2v) is 19.5. The summed E-state index contributed by atoms with van der Waals surface area (Å²) < 4.78 is 0. The van der Waals surface area contributed by atoms with E-state index in [1.54, 1.807) is 0 Å². The first-order valence-electron chi connectivity index (χ1n) is 15.5. The fourth-order valence-corrected chi connectivity index (χ4v) is 18.8. The second-order valence-electron chi connectivity index (χ2n) is 12.0. The maximum atomic E-state index is 2.64. The lowest BCUT2D eigenvalue weighted by Gasteiger charge is -2.33. The molecule has 44 heavy (non-hydrogen) atoms. The Bertz CT molecular complexity index is 1920. The first-order valence-corrected chi connectivity index (χ1v) is 19.5. The van der Waals surface area contributed by atoms with Crippen molar-refractivity contribution in [1.82, 2.24) is 0 Å². The van der Waals surface area contributed by atoms with Crippen molar-refractivity contribution in [2.45, 2.75) is 0 Å². The summed E-state index contributed by atoms with van der Waals surface area (Å²) in [6, 6.07) is 69.2. The topological polar surface area (TPSA) is 0 Å². The van der Waals surface area contributed by atoms with Crippen molar-refractivity contribution in [2.24, 2.45) is 0 Å². The van der Waals surface area contributed by atoms with Crippen molar-refractivity contribution in [3.8, 4) is 22.3 Å². The highest BCUT2D eigenvalue weighted by atomic mass is 28.3. The number of fused-ring (bicyclic) bond motifs is 6. The fraction of sp³-hybridized carbons (Fsp3) is 0. The number of rotatable bonds is 4. The Morgan fingerprint density at radius 1 is 0.227 bits per heavy atom. The van der Waals surface area contributed by atoms with E-state index in [4.69, 9.17) is 0 Å². The van der Waals surface area contributed by atoms with Gasteiger partial charge in [0.2, 0.25) is 0 Å². The third kappa shape index (κ3) is 3.27. The molecule has 0 radical (unpaired) electrons. The molecule has 0 spiro atoms. The van der Waals surface area contributed by atoms with Crippen LogP contribution in [0.15, 0.2) is 182 Å². The zero-order chi connectivity index (χ0) is 29.1. The fourth-order valence-electron chi connectivity index (χ4n) is 8.38. The molecule has 0 aromatic heterocycles. The summed E-state index contributed by atoms with van der Waals surface area (Å²) in [5.74, 6) is 0. The summed E-state index contributed by atoms with van der Waals surface area (Å²) in [6.07, 6.45) is 0. The van der Waals surface area contributed by atoms with E-state index >= 15 is 0 Å². The van der Waals surface area contributed by atoms with Crippen LogP contribution in [0, 0.1) is 0 Å². The van der Waals surface area contributed by atoms with Crippen molar-refractivity contribution in [3.63, 3.8) is 0 Å². The number of hydrogen-bond acceptors (Lipinski definition) is 0. The molecule has 0 amide bonds. The highest BCUT2D eigenvalue weighted by molar-refractivity contribution is 7.24. The Morgan fingerprint density at radius 2 is 0.500 bits per heavy atom. The molecule has 0 bridgehead atoms. The van der Waals surface area contributed by atoms with Crippen molar-refractivity contribution in [1.29, 1.82) is 0 Å². The predicted molar refractivity (Wildman–Crippen MR) is 192 cm³/mol. The summed E-state index contributed by atoms with van der Waals surface area (Å²) in [5.41, 5.74) is 5.61. The zero-order valence-electron chi connectivity index (χ0n) is 24.3. The average molecular weight is 591 g/mol. The largest absolute Gasteiger partial charge is 0.180 e. The van der Waals surface area contributed by atoms with Gasteiger partial charge in [-0.25, -0.2) is 0 Å². The van der Waals surface area contributed by atoms with Crippen molar-refractivity contribution in [3.05, 3.63) is 182 Å². The Balaban J connectivity index is 1.46. The molecule has 0 atom stereocenters. The van der Waals surface area contributed by atoms with E-state index in [2.05, 4.69) is 182 Å². The Labute approximate surface area is 261 Å². The summed E-state index contributed by atoms with van der Waals surface area (Å²) in [7, 11) is -5.16. The minimum Gasteiger partial charge on any atom is -0.0623 e. The molecule has 0 N–H and O–H groups in total. The standard InChI is InChI=1S/C42H30Si2/c1-5-17-31(18-6-1)43(32-19-7-2-8-20-32)39-27-15-13-25-35(39)37-30-42-38(29-41(37)43)36-26-14-16-28-40(36)44(42,33-21-9-3-10-22-33)34-23-11-4-12-24-34/h1-30H. The summed E-state index contributed by atoms with van der Waals surface area (Å²) in [5, 5.41) is 11.8. The molecule has 9 rings (SSSR count). The molecule has 2 heterocycles. The van der Waals surface area contributed by atoms with Crippen LogP contribution in [0.25, 0.3) is 22.3 Å². The highest BCUT2D eigenvalue weighted by Crippen LogP contribution is 2.35. The third-order valence-corrected chi connectivity index (χ3v) is 19.8. The van der Waals surface area contributed by atoms with E-state index in [1.807, 2.05) is 0 Å². The van der Waals surface area contributed by atoms with Gasteiger partial charge in [-0.15, -0.1) is 0 Å². The quantitative estimate of drug-likeness (QED) is 0.267. The molecule has 0 saturated heterocycles. The number of benzene rings is 7. The van der Waals surface area contributed by atoms with Gasteiger partial charge in [0.1, 0.15) is 0 Å². The minimum atomic E-state index is -2.58. The van der Waals surface area contributed by atoms with Gasteiger partial charge in [0.15, 0.2) is 16.1 Å². The molecular weight excluding hydrogens is 561 g/mol. The molecule has 2 heteroatoms. The van der Waals surface area contributed by atoms with Gasteiger partial charge in [0, 0.05) is 0 Å². The van der Waals surface area contributed by atoms with Crippen LogP contribution in [0.1, 0.15) is 0 Å². The SMILES string of the molecule is c1ccc([Si]2(c3ccccc3)c3ccccc3-c3cc4c(cc32)-c2ccccc2[Si]4(c2ccccc2)c2ccccc2)cc1. The molecule has 0 unspecified atom stereocenters. The molecule has 2 aliphatic rings. The van der Waals surface area contributed by atoms with Gasteiger partial charge in [-0.3, -0.25) is 0 Å². The van der Waals surface area contributed by atoms with E-state index in [0.29, 0.717) is 0 Å². The summed E-state index contributed by atoms with van der Waals surface area (Å²) >= 11 is 0. The maximum absolute atomic E-state index is 2.64. The van der Waals surface area contributed by atoms with E-state index in [9.17, 15) is 0 Å². The van der Waals surface area contributed by atoms with Gasteiger partial charge >= 0.3 is 0 Å². The molecule has 0 fully saturated rings. The monoisotopic (exact) mass is 590 g/mol. The highest BCUT2D eigenvalue weighted by Gasteiger charge is 2.53. The van der Waals surface area contributed by atoms with Gasteiger partial charge in [-0.1, -0.05) is 182 Å². The second kappa shape index (κ2) is 9.75. The molecule has 7 aromatic rings. The third-order valence-electron chi connectivity index (χ3n) is 10.0. The van der Waals surface area contributed by atoms with Gasteiger partial charge in [0.05, 0.1) is 0 Å². The van der Waals surface area contributed by atoms with E-state index in [0.717, 1.165) is 0 Å². The van der Waals surface area contributed by atoms with Crippen LogP contribution < -0.4 is 41.5 Å². The molecule has 2 aliphatic heterocycles. The van der Waals surface area contributed by atoms with Gasteiger partial charge < -0.3 is 0 Å². The minimum absolute atomic E-state index is 1.39. The van der Waals surface area contributed by atoms with Crippen LogP contribution in [-0.2, 0) is 0 Å². The van der Waals surface area contributed by atoms with E-state index in [-0.39, 0.29) is 0 Å². The zero-order valence-corrected chi connectivity index (χ0v) is 26.3. The first-order chi connectivity index (χ1) is 21.8. The lowest BCUT2D eigenvalue weighted by Crippen LogP contribution is -2.74. The summed E-state index contributed by atoms with van der Waals surface area (Å²) in [4.78, 5) is 0. The molecule has 0 aliphatic carbocycles. The normalized spacial score (nSPS) is 14.7. The maximum Gasteiger partial charge on any atom is 0.180 e. The molecule has 0 saturated carbocycles. The van der Waals surface area contributed by atoms with Crippen LogP contribution in [0.5, 0.6) is 0 Å². The molecule has 0 nitrogen and oxygen atoms in total. The average Bonchev–Trinajstić information content (AvgIpc) is 3.57. The van der Waals surface area contributed by atoms with Gasteiger partial charge in [-0.05, 0) is 63.7 Å². The van der Waals surface area contributed by atoms with Crippen LogP contribution in [0.3, 0.4) is 0 Å². The Morgan fingerprint density at radius 3 is 0.818 bits per heavy atom. The van der Waals surface area contributed by atoms with Crippen molar-refractivity contribution in [2.75, 3.05) is 0 Å². The van der Waals surface area contributed by atoms with Gasteiger partial charge in [0.25, 0.3) is 0 Å². The van der Waals surface area contributed by atoms with E-state index in [1.165, 1.54) is 63.7 Å². The Hall–Kier alpha value is -5.03. The lowest BCUT2D eigenvalue weighted by atomic mass is 10.0. The first kappa shape index (κ1) is 25.5.